The number of amides is 3. The number of benzene rings is 2. The van der Waals surface area contributed by atoms with E-state index in [1.807, 2.05) is 48.5 Å². The molecule has 0 aromatic heterocycles. The molecule has 0 saturated carbocycles. The molecule has 0 spiro atoms. The highest BCUT2D eigenvalue weighted by molar-refractivity contribution is 6.06. The van der Waals surface area contributed by atoms with Crippen LogP contribution in [-0.4, -0.2) is 64.5 Å². The maximum Gasteiger partial charge on any atom is 0.417 e. The summed E-state index contributed by atoms with van der Waals surface area (Å²) in [6.07, 6.45) is -1.68. The van der Waals surface area contributed by atoms with E-state index in [1.165, 1.54) is 0 Å². The van der Waals surface area contributed by atoms with Crippen molar-refractivity contribution in [3.05, 3.63) is 71.8 Å². The number of ether oxygens (including phenoxy) is 4. The lowest BCUT2D eigenvalue weighted by Gasteiger charge is -2.26. The molecular weight excluding hydrogens is 620 g/mol. The van der Waals surface area contributed by atoms with Gasteiger partial charge in [-0.15, -0.1) is 0 Å². The summed E-state index contributed by atoms with van der Waals surface area (Å²) in [5, 5.41) is 2.31. The van der Waals surface area contributed by atoms with Gasteiger partial charge in [-0.3, -0.25) is 14.4 Å². The predicted molar refractivity (Wildman–Crippen MR) is 178 cm³/mol. The summed E-state index contributed by atoms with van der Waals surface area (Å²) in [6, 6.07) is 16.9. The Kier molecular flexibility index (Phi) is 16.5. The summed E-state index contributed by atoms with van der Waals surface area (Å²) in [5.41, 5.74) is 0.119. The molecule has 0 aliphatic heterocycles. The number of nitrogens with one attached hydrogen (secondary N) is 1. The minimum absolute atomic E-state index is 0.0253. The van der Waals surface area contributed by atoms with Crippen molar-refractivity contribution < 1.29 is 47.7 Å². The first kappa shape index (κ1) is 41.3. The zero-order valence-corrected chi connectivity index (χ0v) is 29.7. The third-order valence-corrected chi connectivity index (χ3v) is 5.88. The number of carbonyl (C=O) groups excluding carboxylic acids is 6. The first-order valence-electron chi connectivity index (χ1n) is 15.7. The molecule has 0 heterocycles. The number of esters is 2. The van der Waals surface area contributed by atoms with Crippen LogP contribution in [0.4, 0.5) is 9.59 Å². The SMILES string of the molecule is CC(C)C(=O)C(NC(=O)OC(C)(C)C)C(=O)OCc1ccccc1.CC(C)C(=O)N(CC(=O)OCc1ccccc1)C(=O)OC(C)(C)C. The molecule has 12 nitrogen and oxygen atoms in total. The molecule has 0 saturated heterocycles. The average Bonchev–Trinajstić information content (AvgIpc) is 2.99. The number of ketones is 1. The second kappa shape index (κ2) is 19.2. The Morgan fingerprint density at radius 2 is 1.12 bits per heavy atom. The molecule has 2 rings (SSSR count). The fourth-order valence-corrected chi connectivity index (χ4v) is 3.59. The number of hydrogen-bond donors (Lipinski definition) is 1. The molecule has 2 aromatic carbocycles. The molecular formula is C36H50N2O10. The normalized spacial score (nSPS) is 11.8. The summed E-state index contributed by atoms with van der Waals surface area (Å²) in [5.74, 6) is -3.27. The molecule has 0 aliphatic carbocycles. The fourth-order valence-electron chi connectivity index (χ4n) is 3.59. The molecule has 2 aromatic rings. The Balaban J connectivity index is 0.000000480. The van der Waals surface area contributed by atoms with Crippen molar-refractivity contribution in [1.29, 1.82) is 0 Å². The number of Topliss-reactive ketones (excluding diaryl/α,β-unsaturated/α-hetero) is 1. The summed E-state index contributed by atoms with van der Waals surface area (Å²) < 4.78 is 20.6. The van der Waals surface area contributed by atoms with Crippen LogP contribution in [0.25, 0.3) is 0 Å². The van der Waals surface area contributed by atoms with Gasteiger partial charge in [0.25, 0.3) is 0 Å². The first-order valence-corrected chi connectivity index (χ1v) is 15.7. The maximum atomic E-state index is 12.3. The molecule has 264 valence electrons. The highest BCUT2D eigenvalue weighted by Gasteiger charge is 2.33. The Hall–Kier alpha value is -4.74. The second-order valence-corrected chi connectivity index (χ2v) is 13.4. The smallest absolute Gasteiger partial charge is 0.417 e. The van der Waals surface area contributed by atoms with Crippen molar-refractivity contribution in [2.45, 2.75) is 99.7 Å². The number of nitrogens with zero attached hydrogens (tertiary/aromatic N) is 1. The largest absolute Gasteiger partial charge is 0.459 e. The van der Waals surface area contributed by atoms with Crippen molar-refractivity contribution >= 4 is 35.8 Å². The van der Waals surface area contributed by atoms with Crippen LogP contribution in [0.3, 0.4) is 0 Å². The van der Waals surface area contributed by atoms with Gasteiger partial charge in [0.05, 0.1) is 0 Å². The van der Waals surface area contributed by atoms with E-state index in [1.54, 1.807) is 81.4 Å². The highest BCUT2D eigenvalue weighted by atomic mass is 16.6. The fraction of sp³-hybridized carbons (Fsp3) is 0.500. The summed E-state index contributed by atoms with van der Waals surface area (Å²) in [4.78, 5) is 73.5. The van der Waals surface area contributed by atoms with E-state index >= 15 is 0 Å². The second-order valence-electron chi connectivity index (χ2n) is 13.4. The van der Waals surface area contributed by atoms with Crippen LogP contribution in [0.1, 0.15) is 80.4 Å². The van der Waals surface area contributed by atoms with E-state index in [9.17, 15) is 28.8 Å². The van der Waals surface area contributed by atoms with Gasteiger partial charge in [-0.05, 0) is 52.7 Å². The van der Waals surface area contributed by atoms with Crippen molar-refractivity contribution in [2.24, 2.45) is 11.8 Å². The summed E-state index contributed by atoms with van der Waals surface area (Å²) in [6.45, 7) is 16.4. The zero-order valence-electron chi connectivity index (χ0n) is 29.7. The first-order chi connectivity index (χ1) is 22.2. The van der Waals surface area contributed by atoms with E-state index in [0.29, 0.717) is 0 Å². The van der Waals surface area contributed by atoms with Gasteiger partial charge < -0.3 is 24.3 Å². The topological polar surface area (TPSA) is 155 Å². The van der Waals surface area contributed by atoms with Crippen LogP contribution >= 0.6 is 0 Å². The number of rotatable bonds is 11. The number of carbonyl (C=O) groups is 6. The van der Waals surface area contributed by atoms with Gasteiger partial charge in [0, 0.05) is 11.8 Å². The van der Waals surface area contributed by atoms with Gasteiger partial charge in [-0.2, -0.15) is 0 Å². The molecule has 0 aliphatic rings. The molecule has 0 fully saturated rings. The lowest BCUT2D eigenvalue weighted by atomic mass is 10.0. The van der Waals surface area contributed by atoms with Crippen LogP contribution in [0.5, 0.6) is 0 Å². The van der Waals surface area contributed by atoms with Crippen molar-refractivity contribution in [3.63, 3.8) is 0 Å². The van der Waals surface area contributed by atoms with E-state index in [-0.39, 0.29) is 13.2 Å². The van der Waals surface area contributed by atoms with Crippen LogP contribution in [0, 0.1) is 11.8 Å². The lowest BCUT2D eigenvalue weighted by Crippen LogP contribution is -2.50. The van der Waals surface area contributed by atoms with Crippen molar-refractivity contribution in [3.8, 4) is 0 Å². The van der Waals surface area contributed by atoms with E-state index in [2.05, 4.69) is 5.32 Å². The number of hydrogen-bond acceptors (Lipinski definition) is 10. The van der Waals surface area contributed by atoms with Crippen molar-refractivity contribution in [2.75, 3.05) is 6.54 Å². The van der Waals surface area contributed by atoms with Crippen LogP contribution < -0.4 is 5.32 Å². The molecule has 0 radical (unpaired) electrons. The maximum absolute atomic E-state index is 12.3. The Bertz CT molecular complexity index is 1360. The van der Waals surface area contributed by atoms with E-state index in [4.69, 9.17) is 18.9 Å². The van der Waals surface area contributed by atoms with Crippen LogP contribution in [0.2, 0.25) is 0 Å². The minimum atomic E-state index is -1.39. The van der Waals surface area contributed by atoms with E-state index < -0.39 is 71.4 Å². The van der Waals surface area contributed by atoms with Crippen LogP contribution in [0.15, 0.2) is 60.7 Å². The minimum Gasteiger partial charge on any atom is -0.459 e. The van der Waals surface area contributed by atoms with E-state index in [0.717, 1.165) is 16.0 Å². The van der Waals surface area contributed by atoms with Gasteiger partial charge in [-0.1, -0.05) is 88.4 Å². The Morgan fingerprint density at radius 1 is 0.667 bits per heavy atom. The van der Waals surface area contributed by atoms with Gasteiger partial charge in [0.15, 0.2) is 11.8 Å². The number of alkyl carbamates (subject to hydrolysis) is 1. The molecule has 0 bridgehead atoms. The standard InChI is InChI=1S/2C18H25NO5/c1-13(2)16(21)19(17(22)24-18(3,4)5)11-15(20)23-12-14-9-7-6-8-10-14;1-12(2)15(20)14(19-17(22)24-18(3,4)5)16(21)23-11-13-9-7-6-8-10-13/h6-10,13H,11-12H2,1-5H3;6-10,12,14H,11H2,1-5H3,(H,19,22). The third-order valence-electron chi connectivity index (χ3n) is 5.88. The molecule has 1 unspecified atom stereocenters. The molecule has 1 N–H and O–H groups in total. The lowest BCUT2D eigenvalue weighted by molar-refractivity contribution is -0.151. The summed E-state index contributed by atoms with van der Waals surface area (Å²) >= 11 is 0. The Morgan fingerprint density at radius 3 is 1.54 bits per heavy atom. The summed E-state index contributed by atoms with van der Waals surface area (Å²) in [7, 11) is 0. The van der Waals surface area contributed by atoms with Gasteiger partial charge in [0.1, 0.15) is 31.0 Å². The molecule has 3 amide bonds. The van der Waals surface area contributed by atoms with Crippen LogP contribution in [-0.2, 0) is 51.3 Å². The van der Waals surface area contributed by atoms with Crippen molar-refractivity contribution in [1.82, 2.24) is 10.2 Å². The quantitative estimate of drug-likeness (QED) is 0.171. The molecule has 48 heavy (non-hydrogen) atoms. The zero-order chi connectivity index (χ0) is 36.7. The van der Waals surface area contributed by atoms with Gasteiger partial charge >= 0.3 is 24.1 Å². The predicted octanol–water partition coefficient (Wildman–Crippen LogP) is 6.00. The van der Waals surface area contributed by atoms with Gasteiger partial charge in [-0.25, -0.2) is 19.3 Å². The average molecular weight is 671 g/mol. The molecule has 1 atom stereocenters. The third kappa shape index (κ3) is 16.7. The Labute approximate surface area is 283 Å². The van der Waals surface area contributed by atoms with Gasteiger partial charge in [0.2, 0.25) is 5.91 Å². The monoisotopic (exact) mass is 670 g/mol. The highest BCUT2D eigenvalue weighted by Crippen LogP contribution is 2.13. The number of imide groups is 1. The molecule has 12 heteroatoms.